The van der Waals surface area contributed by atoms with Crippen LogP contribution in [0.4, 0.5) is 0 Å². The summed E-state index contributed by atoms with van der Waals surface area (Å²) in [4.78, 5) is 12.8. The lowest BCUT2D eigenvalue weighted by atomic mass is 9.70. The van der Waals surface area contributed by atoms with Crippen LogP contribution in [0, 0.1) is 6.92 Å². The summed E-state index contributed by atoms with van der Waals surface area (Å²) < 4.78 is -0.672. The molecular formula is C18H18O2S. The van der Waals surface area contributed by atoms with Crippen LogP contribution in [-0.2, 0) is 4.79 Å². The second kappa shape index (κ2) is 5.57. The van der Waals surface area contributed by atoms with E-state index in [0.29, 0.717) is 18.8 Å². The van der Waals surface area contributed by atoms with E-state index >= 15 is 0 Å². The average Bonchev–Trinajstić information content (AvgIpc) is 2.43. The Balaban J connectivity index is 1.77. The minimum Gasteiger partial charge on any atom is -0.480 e. The quantitative estimate of drug-likeness (QED) is 0.903. The molecule has 0 aromatic heterocycles. The van der Waals surface area contributed by atoms with E-state index in [1.807, 2.05) is 43.3 Å². The summed E-state index contributed by atoms with van der Waals surface area (Å²) in [5.74, 6) is -0.333. The predicted octanol–water partition coefficient (Wildman–Crippen LogP) is 4.49. The summed E-state index contributed by atoms with van der Waals surface area (Å²) in [5.41, 5.74) is 2.42. The Kier molecular flexibility index (Phi) is 3.77. The Hall–Kier alpha value is -1.74. The molecule has 1 aliphatic rings. The van der Waals surface area contributed by atoms with Gasteiger partial charge in [-0.15, -0.1) is 11.8 Å². The average molecular weight is 298 g/mol. The third kappa shape index (κ3) is 2.84. The van der Waals surface area contributed by atoms with Gasteiger partial charge in [0.1, 0.15) is 4.75 Å². The Labute approximate surface area is 129 Å². The van der Waals surface area contributed by atoms with Crippen molar-refractivity contribution in [1.82, 2.24) is 0 Å². The van der Waals surface area contributed by atoms with Gasteiger partial charge in [0.05, 0.1) is 0 Å². The van der Waals surface area contributed by atoms with Gasteiger partial charge in [0.2, 0.25) is 0 Å². The van der Waals surface area contributed by atoms with Crippen LogP contribution in [0.15, 0.2) is 59.5 Å². The first-order valence-electron chi connectivity index (χ1n) is 7.13. The van der Waals surface area contributed by atoms with Crippen molar-refractivity contribution in [2.24, 2.45) is 0 Å². The highest BCUT2D eigenvalue weighted by Crippen LogP contribution is 2.55. The Morgan fingerprint density at radius 3 is 2.48 bits per heavy atom. The second-order valence-electron chi connectivity index (χ2n) is 5.73. The van der Waals surface area contributed by atoms with Crippen molar-refractivity contribution >= 4 is 17.7 Å². The summed E-state index contributed by atoms with van der Waals surface area (Å²) in [6.45, 7) is 2.03. The minimum absolute atomic E-state index is 0.361. The number of benzene rings is 2. The molecule has 1 saturated carbocycles. The molecule has 2 aromatic rings. The van der Waals surface area contributed by atoms with Gasteiger partial charge in [0, 0.05) is 4.90 Å². The van der Waals surface area contributed by atoms with E-state index in [9.17, 15) is 9.90 Å². The van der Waals surface area contributed by atoms with E-state index in [0.717, 1.165) is 4.90 Å². The smallest absolute Gasteiger partial charge is 0.320 e. The summed E-state index contributed by atoms with van der Waals surface area (Å²) in [5, 5.41) is 9.66. The molecule has 0 radical (unpaired) electrons. The molecule has 0 spiro atoms. The molecule has 1 N–H and O–H groups in total. The van der Waals surface area contributed by atoms with Gasteiger partial charge in [0.25, 0.3) is 0 Å². The number of hydrogen-bond donors (Lipinski definition) is 1. The van der Waals surface area contributed by atoms with E-state index in [1.165, 1.54) is 22.9 Å². The normalized spacial score (nSPS) is 24.3. The van der Waals surface area contributed by atoms with Crippen molar-refractivity contribution in [1.29, 1.82) is 0 Å². The molecule has 3 rings (SSSR count). The highest BCUT2D eigenvalue weighted by atomic mass is 32.2. The molecule has 0 amide bonds. The highest BCUT2D eigenvalue weighted by Gasteiger charge is 2.51. The summed E-state index contributed by atoms with van der Waals surface area (Å²) in [7, 11) is 0. The molecule has 2 aromatic carbocycles. The number of rotatable bonds is 4. The molecule has 21 heavy (non-hydrogen) atoms. The molecule has 0 bridgehead atoms. The van der Waals surface area contributed by atoms with Crippen LogP contribution in [0.2, 0.25) is 0 Å². The lowest BCUT2D eigenvalue weighted by Crippen LogP contribution is -2.46. The molecular weight excluding hydrogens is 280 g/mol. The maximum absolute atomic E-state index is 11.7. The second-order valence-corrected chi connectivity index (χ2v) is 7.19. The van der Waals surface area contributed by atoms with E-state index in [-0.39, 0.29) is 0 Å². The number of thioether (sulfide) groups is 1. The lowest BCUT2D eigenvalue weighted by Gasteiger charge is -2.44. The van der Waals surface area contributed by atoms with Crippen LogP contribution < -0.4 is 0 Å². The topological polar surface area (TPSA) is 37.3 Å². The first kappa shape index (κ1) is 14.2. The zero-order valence-corrected chi connectivity index (χ0v) is 12.8. The van der Waals surface area contributed by atoms with Crippen LogP contribution >= 0.6 is 11.8 Å². The summed E-state index contributed by atoms with van der Waals surface area (Å²) in [6.07, 6.45) is 1.40. The van der Waals surface area contributed by atoms with Crippen LogP contribution in [0.25, 0.3) is 0 Å². The van der Waals surface area contributed by atoms with Gasteiger partial charge in [-0.25, -0.2) is 0 Å². The predicted molar refractivity (Wildman–Crippen MR) is 85.8 cm³/mol. The fraction of sp³-hybridized carbons (Fsp3) is 0.278. The third-order valence-electron chi connectivity index (χ3n) is 4.12. The molecule has 0 unspecified atom stereocenters. The van der Waals surface area contributed by atoms with Crippen molar-refractivity contribution in [3.05, 3.63) is 65.7 Å². The van der Waals surface area contributed by atoms with Gasteiger partial charge in [-0.3, -0.25) is 4.79 Å². The third-order valence-corrected chi connectivity index (χ3v) is 5.50. The number of carbonyl (C=O) groups is 1. The maximum Gasteiger partial charge on any atom is 0.320 e. The van der Waals surface area contributed by atoms with Crippen molar-refractivity contribution in [2.75, 3.05) is 0 Å². The molecule has 1 aliphatic carbocycles. The van der Waals surface area contributed by atoms with Crippen molar-refractivity contribution in [3.8, 4) is 0 Å². The number of carboxylic acids is 1. The minimum atomic E-state index is -0.693. The number of aliphatic carboxylic acids is 1. The molecule has 0 aliphatic heterocycles. The van der Waals surface area contributed by atoms with E-state index < -0.39 is 10.7 Å². The van der Waals surface area contributed by atoms with E-state index in [2.05, 4.69) is 18.2 Å². The van der Waals surface area contributed by atoms with Crippen LogP contribution in [0.1, 0.15) is 29.9 Å². The van der Waals surface area contributed by atoms with Gasteiger partial charge < -0.3 is 5.11 Å². The molecule has 0 saturated heterocycles. The zero-order chi connectivity index (χ0) is 14.9. The van der Waals surface area contributed by atoms with Crippen LogP contribution in [0.5, 0.6) is 0 Å². The van der Waals surface area contributed by atoms with Gasteiger partial charge in [-0.2, -0.15) is 0 Å². The molecule has 3 heteroatoms. The number of aryl methyl sites for hydroxylation is 1. The Morgan fingerprint density at radius 1 is 1.14 bits per heavy atom. The highest BCUT2D eigenvalue weighted by molar-refractivity contribution is 8.01. The van der Waals surface area contributed by atoms with Crippen molar-refractivity contribution < 1.29 is 9.90 Å². The number of carboxylic acid groups (broad SMARTS) is 1. The molecule has 0 atom stereocenters. The maximum atomic E-state index is 11.7. The SMILES string of the molecule is Cc1cccc(SC2(C(=O)O)CC(c3ccccc3)C2)c1. The molecule has 0 heterocycles. The van der Waals surface area contributed by atoms with Gasteiger partial charge in [-0.05, 0) is 43.4 Å². The van der Waals surface area contributed by atoms with Gasteiger partial charge >= 0.3 is 5.97 Å². The van der Waals surface area contributed by atoms with Gasteiger partial charge in [0.15, 0.2) is 0 Å². The van der Waals surface area contributed by atoms with Crippen molar-refractivity contribution in [3.63, 3.8) is 0 Å². The monoisotopic (exact) mass is 298 g/mol. The standard InChI is InChI=1S/C18H18O2S/c1-13-6-5-9-16(10-13)21-18(17(19)20)11-15(12-18)14-7-3-2-4-8-14/h2-10,15H,11-12H2,1H3,(H,19,20). The largest absolute Gasteiger partial charge is 0.480 e. The Bertz CT molecular complexity index is 645. The van der Waals surface area contributed by atoms with Gasteiger partial charge in [-0.1, -0.05) is 48.0 Å². The van der Waals surface area contributed by atoms with Crippen LogP contribution in [-0.4, -0.2) is 15.8 Å². The van der Waals surface area contributed by atoms with Crippen LogP contribution in [0.3, 0.4) is 0 Å². The summed E-state index contributed by atoms with van der Waals surface area (Å²) in [6, 6.07) is 18.3. The molecule has 2 nitrogen and oxygen atoms in total. The van der Waals surface area contributed by atoms with E-state index in [1.54, 1.807) is 0 Å². The zero-order valence-electron chi connectivity index (χ0n) is 12.0. The first-order valence-corrected chi connectivity index (χ1v) is 7.95. The molecule has 108 valence electrons. The van der Waals surface area contributed by atoms with E-state index in [4.69, 9.17) is 0 Å². The van der Waals surface area contributed by atoms with Crippen molar-refractivity contribution in [2.45, 2.75) is 35.3 Å². The lowest BCUT2D eigenvalue weighted by molar-refractivity contribution is -0.142. The fourth-order valence-electron chi connectivity index (χ4n) is 2.90. The summed E-state index contributed by atoms with van der Waals surface area (Å²) >= 11 is 1.50. The Morgan fingerprint density at radius 2 is 1.86 bits per heavy atom. The molecule has 1 fully saturated rings. The fourth-order valence-corrected chi connectivity index (χ4v) is 4.40. The number of hydrogen-bond acceptors (Lipinski definition) is 2. The first-order chi connectivity index (χ1) is 10.1.